The number of amides is 1. The maximum absolute atomic E-state index is 12.2. The molecule has 1 aromatic heterocycles. The highest BCUT2D eigenvalue weighted by atomic mass is 16.3. The minimum atomic E-state index is -0.441. The smallest absolute Gasteiger partial charge is 0.266 e. The lowest BCUT2D eigenvalue weighted by molar-refractivity contribution is -0.112. The van der Waals surface area contributed by atoms with E-state index in [1.807, 2.05) is 38.1 Å². The molecule has 0 aliphatic heterocycles. The van der Waals surface area contributed by atoms with Crippen molar-refractivity contribution in [2.75, 3.05) is 5.32 Å². The maximum atomic E-state index is 12.2. The SMILES string of the molecule is Cc1ccc(C=C(C#N)C(=O)Nc2c(C)cccc2C)o1. The lowest BCUT2D eigenvalue weighted by atomic mass is 10.1. The molecule has 1 heterocycles. The van der Waals surface area contributed by atoms with Gasteiger partial charge in [0, 0.05) is 11.8 Å². The second-order valence-electron chi connectivity index (χ2n) is 4.84. The molecule has 0 saturated heterocycles. The van der Waals surface area contributed by atoms with Gasteiger partial charge < -0.3 is 9.73 Å². The number of benzene rings is 1. The Morgan fingerprint density at radius 2 is 1.86 bits per heavy atom. The van der Waals surface area contributed by atoms with E-state index in [-0.39, 0.29) is 5.57 Å². The number of carbonyl (C=O) groups is 1. The van der Waals surface area contributed by atoms with Gasteiger partial charge in [0.25, 0.3) is 5.91 Å². The van der Waals surface area contributed by atoms with Crippen LogP contribution in [-0.4, -0.2) is 5.91 Å². The number of carbonyl (C=O) groups excluding carboxylic acids is 1. The number of hydrogen-bond acceptors (Lipinski definition) is 3. The van der Waals surface area contributed by atoms with Gasteiger partial charge in [-0.3, -0.25) is 4.79 Å². The highest BCUT2D eigenvalue weighted by molar-refractivity contribution is 6.10. The molecule has 0 saturated carbocycles. The van der Waals surface area contributed by atoms with Gasteiger partial charge in [-0.15, -0.1) is 0 Å². The van der Waals surface area contributed by atoms with Crippen molar-refractivity contribution in [1.82, 2.24) is 0 Å². The Bertz CT molecular complexity index is 728. The van der Waals surface area contributed by atoms with Crippen LogP contribution in [0.5, 0.6) is 0 Å². The van der Waals surface area contributed by atoms with Crippen molar-refractivity contribution in [3.63, 3.8) is 0 Å². The number of nitriles is 1. The number of nitrogens with one attached hydrogen (secondary N) is 1. The van der Waals surface area contributed by atoms with Crippen LogP contribution in [0.3, 0.4) is 0 Å². The third-order valence-corrected chi connectivity index (χ3v) is 3.13. The molecule has 2 rings (SSSR count). The van der Waals surface area contributed by atoms with E-state index in [1.54, 1.807) is 19.1 Å². The number of furan rings is 1. The van der Waals surface area contributed by atoms with Gasteiger partial charge >= 0.3 is 0 Å². The minimum Gasteiger partial charge on any atom is -0.462 e. The topological polar surface area (TPSA) is 66.0 Å². The van der Waals surface area contributed by atoms with Crippen LogP contribution in [0.2, 0.25) is 0 Å². The van der Waals surface area contributed by atoms with Crippen LogP contribution >= 0.6 is 0 Å². The fourth-order valence-electron chi connectivity index (χ4n) is 2.01. The van der Waals surface area contributed by atoms with Crippen LogP contribution in [0.15, 0.2) is 40.3 Å². The summed E-state index contributed by atoms with van der Waals surface area (Å²) in [5.74, 6) is 0.776. The van der Waals surface area contributed by atoms with Crippen molar-refractivity contribution >= 4 is 17.7 Å². The maximum Gasteiger partial charge on any atom is 0.266 e. The molecule has 0 unspecified atom stereocenters. The van der Waals surface area contributed by atoms with Crippen LogP contribution < -0.4 is 5.32 Å². The van der Waals surface area contributed by atoms with Gasteiger partial charge in [0.1, 0.15) is 23.2 Å². The second-order valence-corrected chi connectivity index (χ2v) is 4.84. The zero-order valence-electron chi connectivity index (χ0n) is 12.2. The van der Waals surface area contributed by atoms with Gasteiger partial charge in [-0.2, -0.15) is 5.26 Å². The fraction of sp³-hybridized carbons (Fsp3) is 0.176. The van der Waals surface area contributed by atoms with E-state index in [4.69, 9.17) is 9.68 Å². The van der Waals surface area contributed by atoms with Crippen LogP contribution in [0.25, 0.3) is 6.08 Å². The highest BCUT2D eigenvalue weighted by Gasteiger charge is 2.13. The predicted octanol–water partition coefficient (Wildman–Crippen LogP) is 3.75. The van der Waals surface area contributed by atoms with Crippen LogP contribution in [0.1, 0.15) is 22.6 Å². The summed E-state index contributed by atoms with van der Waals surface area (Å²) in [4.78, 5) is 12.2. The number of hydrogen-bond donors (Lipinski definition) is 1. The standard InChI is InChI=1S/C17H16N2O2/c1-11-5-4-6-12(2)16(11)19-17(20)14(10-18)9-15-8-7-13(3)21-15/h4-9H,1-3H3,(H,19,20). The molecular formula is C17H16N2O2. The third kappa shape index (κ3) is 3.40. The molecule has 0 bridgehead atoms. The Balaban J connectivity index is 2.26. The molecule has 1 amide bonds. The van der Waals surface area contributed by atoms with E-state index in [1.165, 1.54) is 6.08 Å². The summed E-state index contributed by atoms with van der Waals surface area (Å²) >= 11 is 0. The van der Waals surface area contributed by atoms with Crippen LogP contribution in [-0.2, 0) is 4.79 Å². The normalized spacial score (nSPS) is 11.0. The fourth-order valence-corrected chi connectivity index (χ4v) is 2.01. The molecule has 1 aromatic carbocycles. The van der Waals surface area contributed by atoms with Crippen molar-refractivity contribution in [2.24, 2.45) is 0 Å². The first-order valence-corrected chi connectivity index (χ1v) is 6.57. The second kappa shape index (κ2) is 6.10. The number of aryl methyl sites for hydroxylation is 3. The van der Waals surface area contributed by atoms with Gasteiger partial charge in [-0.05, 0) is 44.0 Å². The van der Waals surface area contributed by atoms with E-state index in [0.29, 0.717) is 5.76 Å². The summed E-state index contributed by atoms with van der Waals surface area (Å²) in [6, 6.07) is 11.2. The summed E-state index contributed by atoms with van der Waals surface area (Å²) in [5, 5.41) is 11.9. The quantitative estimate of drug-likeness (QED) is 0.687. The van der Waals surface area contributed by atoms with Crippen molar-refractivity contribution in [1.29, 1.82) is 5.26 Å². The number of anilines is 1. The van der Waals surface area contributed by atoms with Gasteiger partial charge in [-0.1, -0.05) is 18.2 Å². The number of nitrogens with zero attached hydrogens (tertiary/aromatic N) is 1. The van der Waals surface area contributed by atoms with Crippen molar-refractivity contribution < 1.29 is 9.21 Å². The third-order valence-electron chi connectivity index (χ3n) is 3.13. The highest BCUT2D eigenvalue weighted by Crippen LogP contribution is 2.20. The molecule has 4 nitrogen and oxygen atoms in total. The Morgan fingerprint density at radius 1 is 1.19 bits per heavy atom. The van der Waals surface area contributed by atoms with E-state index in [9.17, 15) is 4.79 Å². The first-order chi connectivity index (χ1) is 10.0. The summed E-state index contributed by atoms with van der Waals surface area (Å²) in [6.07, 6.45) is 1.44. The molecule has 0 spiro atoms. The molecule has 4 heteroatoms. The van der Waals surface area contributed by atoms with Gasteiger partial charge in [0.05, 0.1) is 0 Å². The van der Waals surface area contributed by atoms with E-state index in [2.05, 4.69) is 5.32 Å². The van der Waals surface area contributed by atoms with Crippen LogP contribution in [0, 0.1) is 32.1 Å². The molecule has 21 heavy (non-hydrogen) atoms. The molecule has 0 atom stereocenters. The molecule has 0 radical (unpaired) electrons. The van der Waals surface area contributed by atoms with Gasteiger partial charge in [0.2, 0.25) is 0 Å². The van der Waals surface area contributed by atoms with Gasteiger partial charge in [-0.25, -0.2) is 0 Å². The molecule has 106 valence electrons. The number of rotatable bonds is 3. The summed E-state index contributed by atoms with van der Waals surface area (Å²) < 4.78 is 5.36. The number of para-hydroxylation sites is 1. The summed E-state index contributed by atoms with van der Waals surface area (Å²) in [5.41, 5.74) is 2.65. The largest absolute Gasteiger partial charge is 0.462 e. The Labute approximate surface area is 123 Å². The minimum absolute atomic E-state index is 0.00648. The van der Waals surface area contributed by atoms with E-state index in [0.717, 1.165) is 22.6 Å². The summed E-state index contributed by atoms with van der Waals surface area (Å²) in [6.45, 7) is 5.63. The van der Waals surface area contributed by atoms with E-state index >= 15 is 0 Å². The molecular weight excluding hydrogens is 264 g/mol. The van der Waals surface area contributed by atoms with Crippen molar-refractivity contribution in [3.8, 4) is 6.07 Å². The Morgan fingerprint density at radius 3 is 2.38 bits per heavy atom. The average Bonchev–Trinajstić information content (AvgIpc) is 2.85. The molecule has 0 fully saturated rings. The van der Waals surface area contributed by atoms with E-state index < -0.39 is 5.91 Å². The van der Waals surface area contributed by atoms with Crippen molar-refractivity contribution in [2.45, 2.75) is 20.8 Å². The van der Waals surface area contributed by atoms with Crippen molar-refractivity contribution in [3.05, 3.63) is 58.6 Å². The Hall–Kier alpha value is -2.80. The molecule has 1 N–H and O–H groups in total. The zero-order chi connectivity index (χ0) is 15.4. The summed E-state index contributed by atoms with van der Waals surface area (Å²) in [7, 11) is 0. The lowest BCUT2D eigenvalue weighted by Gasteiger charge is -2.10. The molecule has 0 aliphatic carbocycles. The lowest BCUT2D eigenvalue weighted by Crippen LogP contribution is -2.15. The predicted molar refractivity (Wildman–Crippen MR) is 81.6 cm³/mol. The molecule has 0 aliphatic rings. The average molecular weight is 280 g/mol. The Kier molecular flexibility index (Phi) is 4.24. The van der Waals surface area contributed by atoms with Crippen LogP contribution in [0.4, 0.5) is 5.69 Å². The first kappa shape index (κ1) is 14.6. The molecule has 2 aromatic rings. The first-order valence-electron chi connectivity index (χ1n) is 6.57. The van der Waals surface area contributed by atoms with Gasteiger partial charge in [0.15, 0.2) is 0 Å². The zero-order valence-corrected chi connectivity index (χ0v) is 12.2. The monoisotopic (exact) mass is 280 g/mol.